The number of benzene rings is 1. The van der Waals surface area contributed by atoms with Gasteiger partial charge >= 0.3 is 0 Å². The van der Waals surface area contributed by atoms with Crippen molar-refractivity contribution in [3.05, 3.63) is 52.5 Å². The van der Waals surface area contributed by atoms with Gasteiger partial charge in [0.05, 0.1) is 5.56 Å². The number of hydrogen-bond donors (Lipinski definition) is 3. The number of nitriles is 1. The molecule has 1 aromatic heterocycles. The molecule has 0 saturated carbocycles. The molecular formula is C15H11N5O2. The summed E-state index contributed by atoms with van der Waals surface area (Å²) in [5.41, 5.74) is 7.16. The standard InChI is InChI=1S/C15H11N5O2/c1-7-11-13(20-19-7)22-12(17)9(6-16)15(11)8-4-2-3-5-10(8)18-14(15)21/h2-5H,17H2,1H3,(H,18,21)(H,19,20)/t15-/m1/s1. The van der Waals surface area contributed by atoms with Crippen molar-refractivity contribution in [2.24, 2.45) is 5.73 Å². The number of rotatable bonds is 0. The van der Waals surface area contributed by atoms with Crippen LogP contribution in [-0.4, -0.2) is 16.1 Å². The zero-order chi connectivity index (χ0) is 15.5. The molecule has 0 saturated heterocycles. The van der Waals surface area contributed by atoms with Gasteiger partial charge in [0.1, 0.15) is 17.1 Å². The van der Waals surface area contributed by atoms with Crippen molar-refractivity contribution in [3.63, 3.8) is 0 Å². The van der Waals surface area contributed by atoms with Crippen LogP contribution in [0.15, 0.2) is 35.7 Å². The Morgan fingerprint density at radius 2 is 2.18 bits per heavy atom. The number of carbonyl (C=O) groups excluding carboxylic acids is 1. The third-order valence-electron chi connectivity index (χ3n) is 4.15. The molecule has 4 N–H and O–H groups in total. The lowest BCUT2D eigenvalue weighted by Gasteiger charge is -2.31. The van der Waals surface area contributed by atoms with Gasteiger partial charge in [0.15, 0.2) is 0 Å². The smallest absolute Gasteiger partial charge is 0.245 e. The number of nitrogens with one attached hydrogen (secondary N) is 2. The van der Waals surface area contributed by atoms with E-state index in [4.69, 9.17) is 10.5 Å². The summed E-state index contributed by atoms with van der Waals surface area (Å²) >= 11 is 0. The molecule has 22 heavy (non-hydrogen) atoms. The van der Waals surface area contributed by atoms with Gasteiger partial charge in [-0.15, -0.1) is 5.10 Å². The molecule has 1 atom stereocenters. The van der Waals surface area contributed by atoms with Gasteiger partial charge in [-0.25, -0.2) is 0 Å². The number of amides is 1. The molecule has 0 aliphatic carbocycles. The number of anilines is 1. The van der Waals surface area contributed by atoms with Crippen molar-refractivity contribution in [3.8, 4) is 11.9 Å². The highest BCUT2D eigenvalue weighted by molar-refractivity contribution is 6.12. The van der Waals surface area contributed by atoms with Crippen molar-refractivity contribution in [2.75, 3.05) is 5.32 Å². The number of aromatic amines is 1. The average molecular weight is 293 g/mol. The van der Waals surface area contributed by atoms with E-state index >= 15 is 0 Å². The molecule has 0 unspecified atom stereocenters. The van der Waals surface area contributed by atoms with Gasteiger partial charge in [0, 0.05) is 16.9 Å². The Hall–Kier alpha value is -3.27. The minimum atomic E-state index is -1.32. The second-order valence-corrected chi connectivity index (χ2v) is 5.23. The first kappa shape index (κ1) is 12.5. The molecule has 7 heteroatoms. The number of aromatic nitrogens is 2. The topological polar surface area (TPSA) is 117 Å². The van der Waals surface area contributed by atoms with Gasteiger partial charge in [0.2, 0.25) is 17.7 Å². The van der Waals surface area contributed by atoms with Crippen LogP contribution in [-0.2, 0) is 10.2 Å². The van der Waals surface area contributed by atoms with E-state index in [-0.39, 0.29) is 23.2 Å². The predicted octanol–water partition coefficient (Wildman–Crippen LogP) is 1.04. The van der Waals surface area contributed by atoms with Crippen LogP contribution in [0.5, 0.6) is 5.88 Å². The van der Waals surface area contributed by atoms with Crippen LogP contribution >= 0.6 is 0 Å². The lowest BCUT2D eigenvalue weighted by molar-refractivity contribution is -0.118. The van der Waals surface area contributed by atoms with Crippen molar-refractivity contribution in [2.45, 2.75) is 12.3 Å². The first-order chi connectivity index (χ1) is 10.6. The number of ether oxygens (including phenoxy) is 1. The Morgan fingerprint density at radius 1 is 1.41 bits per heavy atom. The summed E-state index contributed by atoms with van der Waals surface area (Å²) < 4.78 is 5.42. The van der Waals surface area contributed by atoms with Crippen LogP contribution < -0.4 is 15.8 Å². The van der Waals surface area contributed by atoms with E-state index in [1.165, 1.54) is 0 Å². The molecule has 7 nitrogen and oxygen atoms in total. The first-order valence-electron chi connectivity index (χ1n) is 6.65. The molecule has 3 heterocycles. The minimum absolute atomic E-state index is 0.0759. The molecule has 2 aliphatic rings. The highest BCUT2D eigenvalue weighted by Crippen LogP contribution is 2.53. The minimum Gasteiger partial charge on any atom is -0.420 e. The van der Waals surface area contributed by atoms with E-state index in [0.717, 1.165) is 0 Å². The summed E-state index contributed by atoms with van der Waals surface area (Å²) in [5, 5.41) is 19.3. The number of para-hydroxylation sites is 1. The molecule has 0 bridgehead atoms. The maximum atomic E-state index is 12.9. The van der Waals surface area contributed by atoms with E-state index in [1.807, 2.05) is 18.2 Å². The zero-order valence-electron chi connectivity index (χ0n) is 11.6. The summed E-state index contributed by atoms with van der Waals surface area (Å²) in [6.45, 7) is 1.78. The lowest BCUT2D eigenvalue weighted by atomic mass is 9.69. The first-order valence-corrected chi connectivity index (χ1v) is 6.65. The summed E-state index contributed by atoms with van der Waals surface area (Å²) in [4.78, 5) is 12.9. The van der Waals surface area contributed by atoms with E-state index in [0.29, 0.717) is 22.5 Å². The number of nitrogens with two attached hydrogens (primary N) is 1. The third kappa shape index (κ3) is 1.20. The highest BCUT2D eigenvalue weighted by Gasteiger charge is 2.58. The number of H-pyrrole nitrogens is 1. The maximum absolute atomic E-state index is 12.9. The normalized spacial score (nSPS) is 21.9. The largest absolute Gasteiger partial charge is 0.420 e. The van der Waals surface area contributed by atoms with Gasteiger partial charge in [-0.3, -0.25) is 9.89 Å². The molecule has 1 spiro atoms. The molecular weight excluding hydrogens is 282 g/mol. The Labute approximate surface area is 125 Å². The number of hydrogen-bond acceptors (Lipinski definition) is 5. The summed E-state index contributed by atoms with van der Waals surface area (Å²) in [6, 6.07) is 9.27. The molecule has 4 rings (SSSR count). The van der Waals surface area contributed by atoms with Crippen molar-refractivity contribution >= 4 is 11.6 Å². The van der Waals surface area contributed by atoms with Gasteiger partial charge in [-0.1, -0.05) is 18.2 Å². The number of nitrogens with zero attached hydrogens (tertiary/aromatic N) is 2. The quantitative estimate of drug-likeness (QED) is 0.671. The monoisotopic (exact) mass is 293 g/mol. The molecule has 0 radical (unpaired) electrons. The fourth-order valence-electron chi connectivity index (χ4n) is 3.28. The van der Waals surface area contributed by atoms with Crippen LogP contribution in [0, 0.1) is 18.3 Å². The fourth-order valence-corrected chi connectivity index (χ4v) is 3.28. The SMILES string of the molecule is Cc1[nH]nc2c1[C@]1(C(=O)Nc3ccccc31)C(C#N)=C(N)O2. The Balaban J connectivity index is 2.18. The molecule has 2 aliphatic heterocycles. The number of aryl methyl sites for hydroxylation is 1. The summed E-state index contributed by atoms with van der Waals surface area (Å²) in [6.07, 6.45) is 0. The van der Waals surface area contributed by atoms with Gasteiger partial charge in [0.25, 0.3) is 0 Å². The molecule has 0 fully saturated rings. The van der Waals surface area contributed by atoms with E-state index in [1.54, 1.807) is 19.1 Å². The second kappa shape index (κ2) is 3.89. The van der Waals surface area contributed by atoms with Crippen LogP contribution in [0.3, 0.4) is 0 Å². The number of fused-ring (bicyclic) bond motifs is 4. The van der Waals surface area contributed by atoms with Crippen LogP contribution in [0.25, 0.3) is 0 Å². The highest BCUT2D eigenvalue weighted by atomic mass is 16.5. The summed E-state index contributed by atoms with van der Waals surface area (Å²) in [7, 11) is 0. The fraction of sp³-hybridized carbons (Fsp3) is 0.133. The average Bonchev–Trinajstić information content (AvgIpc) is 3.00. The van der Waals surface area contributed by atoms with E-state index in [2.05, 4.69) is 15.5 Å². The third-order valence-corrected chi connectivity index (χ3v) is 4.15. The number of carbonyl (C=O) groups is 1. The summed E-state index contributed by atoms with van der Waals surface area (Å²) in [5.74, 6) is -0.212. The Kier molecular flexibility index (Phi) is 2.20. The Bertz CT molecular complexity index is 905. The van der Waals surface area contributed by atoms with Crippen LogP contribution in [0.1, 0.15) is 16.8 Å². The molecule has 2 aromatic rings. The second-order valence-electron chi connectivity index (χ2n) is 5.23. The van der Waals surface area contributed by atoms with Crippen LogP contribution in [0.4, 0.5) is 5.69 Å². The van der Waals surface area contributed by atoms with Crippen molar-refractivity contribution in [1.82, 2.24) is 10.2 Å². The van der Waals surface area contributed by atoms with Gasteiger partial charge in [-0.2, -0.15) is 5.26 Å². The van der Waals surface area contributed by atoms with Gasteiger partial charge < -0.3 is 15.8 Å². The van der Waals surface area contributed by atoms with E-state index < -0.39 is 5.41 Å². The van der Waals surface area contributed by atoms with Crippen LogP contribution in [0.2, 0.25) is 0 Å². The maximum Gasteiger partial charge on any atom is 0.245 e. The predicted molar refractivity (Wildman–Crippen MR) is 76.6 cm³/mol. The molecule has 108 valence electrons. The van der Waals surface area contributed by atoms with Crippen molar-refractivity contribution < 1.29 is 9.53 Å². The lowest BCUT2D eigenvalue weighted by Crippen LogP contribution is -2.42. The van der Waals surface area contributed by atoms with E-state index in [9.17, 15) is 10.1 Å². The van der Waals surface area contributed by atoms with Gasteiger partial charge in [-0.05, 0) is 13.0 Å². The Morgan fingerprint density at radius 3 is 2.95 bits per heavy atom. The van der Waals surface area contributed by atoms with Crippen molar-refractivity contribution in [1.29, 1.82) is 5.26 Å². The zero-order valence-corrected chi connectivity index (χ0v) is 11.6. The molecule has 1 aromatic carbocycles. The molecule has 1 amide bonds.